The van der Waals surface area contributed by atoms with Crippen LogP contribution in [0.4, 0.5) is 13.2 Å². The van der Waals surface area contributed by atoms with Crippen molar-refractivity contribution in [2.24, 2.45) is 10.1 Å². The molecular formula is C42H38F3N3O4. The number of aliphatic imine (C=N–C) groups is 1. The predicted octanol–water partition coefficient (Wildman–Crippen LogP) is 9.38. The largest absolute Gasteiger partial charge is 0.464 e. The van der Waals surface area contributed by atoms with E-state index in [9.17, 15) is 18.0 Å². The first-order chi connectivity index (χ1) is 25.1. The summed E-state index contributed by atoms with van der Waals surface area (Å²) in [4.78, 5) is 23.7. The normalized spacial score (nSPS) is 13.9. The quantitative estimate of drug-likeness (QED) is 0.0528. The maximum atomic E-state index is 14.5. The highest BCUT2D eigenvalue weighted by molar-refractivity contribution is 6.13. The Morgan fingerprint density at radius 1 is 0.885 bits per heavy atom. The average molecular weight is 706 g/mol. The Morgan fingerprint density at radius 2 is 1.50 bits per heavy atom. The Balaban J connectivity index is 1.28. The number of hydrogen-bond acceptors (Lipinski definition) is 7. The first kappa shape index (κ1) is 36.0. The Bertz CT molecular complexity index is 2050. The fourth-order valence-electron chi connectivity index (χ4n) is 6.47. The Labute approximate surface area is 300 Å². The third kappa shape index (κ3) is 7.91. The highest BCUT2D eigenvalue weighted by Gasteiger charge is 2.40. The van der Waals surface area contributed by atoms with E-state index in [-0.39, 0.29) is 17.9 Å². The van der Waals surface area contributed by atoms with Gasteiger partial charge in [-0.15, -0.1) is 0 Å². The molecule has 1 aliphatic carbocycles. The van der Waals surface area contributed by atoms with Gasteiger partial charge in [0, 0.05) is 41.0 Å². The minimum Gasteiger partial charge on any atom is -0.464 e. The molecule has 6 rings (SSSR count). The molecule has 1 unspecified atom stereocenters. The standard InChI is InChI=1S/C42H38F3N3O4/c1-4-50-40(49)41(2,47-37(29-14-8-5-9-15-29)30-16-10-6-11-17-30)25-24-28-20-22-33-32(26-28)21-23-34-36(51-48-38(33)34)27-35(42(43,44)45)39(52-46-3)31-18-12-7-13-19-31/h5-20,22,26H,3-4,21,23-25,27H2,1-2H3/b39-35+. The second kappa shape index (κ2) is 15.6. The number of aryl methyl sites for hydroxylation is 2. The van der Waals surface area contributed by atoms with Crippen LogP contribution in [-0.2, 0) is 40.1 Å². The molecule has 0 amide bonds. The maximum Gasteiger partial charge on any atom is 0.416 e. The van der Waals surface area contributed by atoms with E-state index in [2.05, 4.69) is 23.1 Å². The molecule has 0 N–H and O–H groups in total. The van der Waals surface area contributed by atoms with E-state index >= 15 is 0 Å². The number of halogens is 3. The van der Waals surface area contributed by atoms with E-state index in [0.29, 0.717) is 42.7 Å². The lowest BCUT2D eigenvalue weighted by atomic mass is 9.85. The van der Waals surface area contributed by atoms with Crippen molar-refractivity contribution in [1.82, 2.24) is 5.16 Å². The van der Waals surface area contributed by atoms with Crippen molar-refractivity contribution in [1.29, 1.82) is 0 Å². The van der Waals surface area contributed by atoms with Gasteiger partial charge < -0.3 is 14.1 Å². The molecule has 266 valence electrons. The molecule has 0 fully saturated rings. The number of ether oxygens (including phenoxy) is 1. The molecule has 0 saturated carbocycles. The summed E-state index contributed by atoms with van der Waals surface area (Å²) in [7, 11) is 0. The monoisotopic (exact) mass is 705 g/mol. The van der Waals surface area contributed by atoms with Crippen LogP contribution >= 0.6 is 0 Å². The molecule has 7 nitrogen and oxygen atoms in total. The third-order valence-corrected chi connectivity index (χ3v) is 9.15. The average Bonchev–Trinajstić information content (AvgIpc) is 3.58. The van der Waals surface area contributed by atoms with Crippen molar-refractivity contribution in [2.45, 2.75) is 57.7 Å². The third-order valence-electron chi connectivity index (χ3n) is 9.15. The number of fused-ring (bicyclic) bond motifs is 3. The molecule has 0 aliphatic heterocycles. The van der Waals surface area contributed by atoms with E-state index in [1.807, 2.05) is 79.7 Å². The summed E-state index contributed by atoms with van der Waals surface area (Å²) in [5.74, 6) is -0.726. The summed E-state index contributed by atoms with van der Waals surface area (Å²) in [5, 5.41) is 7.54. The van der Waals surface area contributed by atoms with Gasteiger partial charge in [0.05, 0.1) is 17.9 Å². The lowest BCUT2D eigenvalue weighted by molar-refractivity contribution is -0.149. The second-order valence-corrected chi connectivity index (χ2v) is 12.7. The molecule has 10 heteroatoms. The van der Waals surface area contributed by atoms with Gasteiger partial charge in [-0.1, -0.05) is 120 Å². The van der Waals surface area contributed by atoms with Gasteiger partial charge in [0.1, 0.15) is 11.5 Å². The van der Waals surface area contributed by atoms with Gasteiger partial charge in [0.15, 0.2) is 11.3 Å². The minimum absolute atomic E-state index is 0.119. The molecule has 52 heavy (non-hydrogen) atoms. The van der Waals surface area contributed by atoms with Gasteiger partial charge in [-0.2, -0.15) is 13.2 Å². The minimum atomic E-state index is -4.73. The lowest BCUT2D eigenvalue weighted by Gasteiger charge is -2.25. The molecule has 0 bridgehead atoms. The van der Waals surface area contributed by atoms with E-state index in [4.69, 9.17) is 19.1 Å². The maximum absolute atomic E-state index is 14.5. The number of nitrogens with zero attached hydrogens (tertiary/aromatic N) is 3. The van der Waals surface area contributed by atoms with Crippen molar-refractivity contribution in [2.75, 3.05) is 6.61 Å². The van der Waals surface area contributed by atoms with Gasteiger partial charge in [-0.05, 0) is 50.7 Å². The van der Waals surface area contributed by atoms with Crippen LogP contribution in [0, 0.1) is 0 Å². The summed E-state index contributed by atoms with van der Waals surface area (Å²) < 4.78 is 54.6. The zero-order valence-corrected chi connectivity index (χ0v) is 29.0. The number of esters is 1. The molecule has 4 aromatic carbocycles. The molecule has 5 aromatic rings. The van der Waals surface area contributed by atoms with E-state index < -0.39 is 35.4 Å². The predicted molar refractivity (Wildman–Crippen MR) is 195 cm³/mol. The Hall–Kier alpha value is -5.77. The van der Waals surface area contributed by atoms with Gasteiger partial charge in [-0.25, -0.2) is 4.79 Å². The van der Waals surface area contributed by atoms with Crippen molar-refractivity contribution in [3.8, 4) is 11.3 Å². The molecule has 0 saturated heterocycles. The smallest absolute Gasteiger partial charge is 0.416 e. The summed E-state index contributed by atoms with van der Waals surface area (Å²) in [6.07, 6.45) is -3.39. The van der Waals surface area contributed by atoms with Crippen LogP contribution in [0.3, 0.4) is 0 Å². The Kier molecular flexibility index (Phi) is 10.8. The number of carbonyl (C=O) groups excluding carboxylic acids is 1. The number of allylic oxidation sites excluding steroid dienone is 1. The fourth-order valence-corrected chi connectivity index (χ4v) is 6.47. The number of alkyl halides is 3. The fraction of sp³-hybridized carbons (Fsp3) is 0.238. The van der Waals surface area contributed by atoms with E-state index in [1.165, 1.54) is 12.1 Å². The molecule has 0 spiro atoms. The van der Waals surface area contributed by atoms with Crippen molar-refractivity contribution >= 4 is 24.2 Å². The van der Waals surface area contributed by atoms with Gasteiger partial charge >= 0.3 is 12.1 Å². The number of aromatic nitrogens is 1. The number of oxime groups is 1. The molecule has 1 aromatic heterocycles. The van der Waals surface area contributed by atoms with Crippen LogP contribution in [0.25, 0.3) is 17.0 Å². The zero-order valence-electron chi connectivity index (χ0n) is 29.0. The number of benzene rings is 4. The van der Waals surface area contributed by atoms with Gasteiger partial charge in [0.2, 0.25) is 0 Å². The SMILES string of the molecule is C=NO/C(=C(\Cc1onc2c1CCc1cc(CCC(C)(N=C(c3ccccc3)c3ccccc3)C(=O)OCC)ccc1-2)C(F)(F)F)c1ccccc1. The summed E-state index contributed by atoms with van der Waals surface area (Å²) in [6, 6.07) is 33.4. The van der Waals surface area contributed by atoms with Crippen LogP contribution in [0.1, 0.15) is 59.4 Å². The first-order valence-corrected chi connectivity index (χ1v) is 17.1. The Morgan fingerprint density at radius 3 is 2.08 bits per heavy atom. The summed E-state index contributed by atoms with van der Waals surface area (Å²) >= 11 is 0. The number of hydrogen-bond donors (Lipinski definition) is 0. The van der Waals surface area contributed by atoms with Gasteiger partial charge in [-0.3, -0.25) is 4.99 Å². The van der Waals surface area contributed by atoms with Crippen molar-refractivity contribution in [3.63, 3.8) is 0 Å². The van der Waals surface area contributed by atoms with Crippen LogP contribution < -0.4 is 0 Å². The zero-order chi connectivity index (χ0) is 36.7. The first-order valence-electron chi connectivity index (χ1n) is 17.1. The molecule has 1 heterocycles. The molecule has 1 atom stereocenters. The van der Waals surface area contributed by atoms with Crippen molar-refractivity contribution in [3.05, 3.63) is 154 Å². The highest BCUT2D eigenvalue weighted by atomic mass is 19.4. The molecular weight excluding hydrogens is 667 g/mol. The lowest BCUT2D eigenvalue weighted by Crippen LogP contribution is -2.37. The van der Waals surface area contributed by atoms with Crippen LogP contribution in [0.2, 0.25) is 0 Å². The van der Waals surface area contributed by atoms with Crippen LogP contribution in [0.5, 0.6) is 0 Å². The second-order valence-electron chi connectivity index (χ2n) is 12.7. The summed E-state index contributed by atoms with van der Waals surface area (Å²) in [6.45, 7) is 7.04. The van der Waals surface area contributed by atoms with Crippen LogP contribution in [0.15, 0.2) is 129 Å². The highest BCUT2D eigenvalue weighted by Crippen LogP contribution is 2.40. The molecule has 0 radical (unpaired) electrons. The summed E-state index contributed by atoms with van der Waals surface area (Å²) in [5.41, 5.74) is 4.49. The number of carbonyl (C=O) groups is 1. The topological polar surface area (TPSA) is 86.3 Å². The van der Waals surface area contributed by atoms with E-state index in [1.54, 1.807) is 25.1 Å². The van der Waals surface area contributed by atoms with E-state index in [0.717, 1.165) is 27.8 Å². The van der Waals surface area contributed by atoms with Crippen molar-refractivity contribution < 1.29 is 32.1 Å². The van der Waals surface area contributed by atoms with Gasteiger partial charge in [0.25, 0.3) is 0 Å². The number of rotatable bonds is 13. The molecule has 1 aliphatic rings. The van der Waals surface area contributed by atoms with Crippen LogP contribution in [-0.4, -0.2) is 41.9 Å².